The summed E-state index contributed by atoms with van der Waals surface area (Å²) in [6, 6.07) is 10.2. The van der Waals surface area contributed by atoms with Crippen LogP contribution in [0.4, 0.5) is 0 Å². The second kappa shape index (κ2) is 6.34. The Morgan fingerprint density at radius 2 is 1.67 bits per heavy atom. The van der Waals surface area contributed by atoms with E-state index in [4.69, 9.17) is 11.6 Å². The maximum atomic E-state index is 12.0. The van der Waals surface area contributed by atoms with Gasteiger partial charge in [-0.1, -0.05) is 17.7 Å². The normalized spacial score (nSPS) is 11.5. The molecule has 112 valence electrons. The summed E-state index contributed by atoms with van der Waals surface area (Å²) in [5.41, 5.74) is 0.712. The Kier molecular flexibility index (Phi) is 4.72. The lowest BCUT2D eigenvalue weighted by molar-refractivity contribution is 0.403. The van der Waals surface area contributed by atoms with Gasteiger partial charge < -0.3 is 10.2 Å². The predicted molar refractivity (Wildman–Crippen MR) is 80.1 cm³/mol. The summed E-state index contributed by atoms with van der Waals surface area (Å²) in [7, 11) is -3.59. The fourth-order valence-electron chi connectivity index (χ4n) is 1.75. The van der Waals surface area contributed by atoms with Crippen molar-refractivity contribution in [3.63, 3.8) is 0 Å². The summed E-state index contributed by atoms with van der Waals surface area (Å²) in [5.74, 6) is -0.437. The second-order valence-corrected chi connectivity index (χ2v) is 6.63. The van der Waals surface area contributed by atoms with Crippen LogP contribution in [0.25, 0.3) is 0 Å². The van der Waals surface area contributed by atoms with E-state index in [0.29, 0.717) is 17.0 Å². The lowest BCUT2D eigenvalue weighted by atomic mass is 10.1. The zero-order chi connectivity index (χ0) is 15.5. The van der Waals surface area contributed by atoms with Crippen molar-refractivity contribution < 1.29 is 18.6 Å². The highest BCUT2D eigenvalue weighted by Crippen LogP contribution is 2.24. The molecule has 2 aromatic rings. The van der Waals surface area contributed by atoms with Crippen LogP contribution in [0.5, 0.6) is 11.5 Å². The number of rotatable bonds is 5. The Hall–Kier alpha value is -1.76. The van der Waals surface area contributed by atoms with Crippen LogP contribution in [-0.4, -0.2) is 25.2 Å². The van der Waals surface area contributed by atoms with E-state index in [1.165, 1.54) is 36.4 Å². The van der Waals surface area contributed by atoms with Gasteiger partial charge in [0.1, 0.15) is 0 Å². The summed E-state index contributed by atoms with van der Waals surface area (Å²) in [6.45, 7) is 0.176. The first-order valence-corrected chi connectivity index (χ1v) is 8.01. The summed E-state index contributed by atoms with van der Waals surface area (Å²) in [5, 5.41) is 19.0. The molecule has 5 nitrogen and oxygen atoms in total. The van der Waals surface area contributed by atoms with Crippen LogP contribution in [0.2, 0.25) is 5.02 Å². The van der Waals surface area contributed by atoms with Crippen LogP contribution in [0, 0.1) is 0 Å². The molecule has 21 heavy (non-hydrogen) atoms. The molecule has 0 fully saturated rings. The van der Waals surface area contributed by atoms with Crippen molar-refractivity contribution >= 4 is 21.6 Å². The van der Waals surface area contributed by atoms with E-state index in [1.54, 1.807) is 6.07 Å². The van der Waals surface area contributed by atoms with Gasteiger partial charge in [-0.05, 0) is 48.4 Å². The molecule has 0 aromatic heterocycles. The van der Waals surface area contributed by atoms with Gasteiger partial charge in [-0.15, -0.1) is 0 Å². The average Bonchev–Trinajstić information content (AvgIpc) is 2.43. The maximum absolute atomic E-state index is 12.0. The minimum absolute atomic E-state index is 0.139. The summed E-state index contributed by atoms with van der Waals surface area (Å²) >= 11 is 5.71. The van der Waals surface area contributed by atoms with E-state index in [0.717, 1.165) is 0 Å². The molecular formula is C14H14ClNO4S. The molecule has 0 bridgehead atoms. The van der Waals surface area contributed by atoms with E-state index in [9.17, 15) is 18.6 Å². The van der Waals surface area contributed by atoms with Gasteiger partial charge in [-0.2, -0.15) is 0 Å². The Labute approximate surface area is 127 Å². The first kappa shape index (κ1) is 15.6. The Bertz CT molecular complexity index is 729. The minimum atomic E-state index is -3.59. The number of aromatic hydroxyl groups is 2. The highest BCUT2D eigenvalue weighted by Gasteiger charge is 2.13. The summed E-state index contributed by atoms with van der Waals surface area (Å²) in [4.78, 5) is 0.139. The lowest BCUT2D eigenvalue weighted by Gasteiger charge is -2.07. The van der Waals surface area contributed by atoms with E-state index in [2.05, 4.69) is 4.72 Å². The number of halogens is 1. The number of phenols is 2. The molecule has 0 aliphatic heterocycles. The number of benzene rings is 2. The van der Waals surface area contributed by atoms with Gasteiger partial charge in [-0.3, -0.25) is 0 Å². The highest BCUT2D eigenvalue weighted by atomic mass is 35.5. The fraction of sp³-hybridized carbons (Fsp3) is 0.143. The second-order valence-electron chi connectivity index (χ2n) is 4.42. The van der Waals surface area contributed by atoms with Gasteiger partial charge >= 0.3 is 0 Å². The third-order valence-electron chi connectivity index (χ3n) is 2.87. The van der Waals surface area contributed by atoms with Crippen molar-refractivity contribution in [3.8, 4) is 11.5 Å². The largest absolute Gasteiger partial charge is 0.504 e. The number of hydrogen-bond acceptors (Lipinski definition) is 4. The maximum Gasteiger partial charge on any atom is 0.240 e. The molecule has 0 aliphatic rings. The Morgan fingerprint density at radius 3 is 2.29 bits per heavy atom. The Morgan fingerprint density at radius 1 is 1.00 bits per heavy atom. The van der Waals surface area contributed by atoms with Gasteiger partial charge in [0.15, 0.2) is 11.5 Å². The topological polar surface area (TPSA) is 86.6 Å². The minimum Gasteiger partial charge on any atom is -0.504 e. The van der Waals surface area contributed by atoms with Crippen molar-refractivity contribution in [1.82, 2.24) is 4.72 Å². The third-order valence-corrected chi connectivity index (χ3v) is 4.60. The number of phenolic OH excluding ortho intramolecular Hbond substituents is 2. The van der Waals surface area contributed by atoms with Crippen molar-refractivity contribution in [2.24, 2.45) is 0 Å². The fourth-order valence-corrected chi connectivity index (χ4v) is 2.91. The van der Waals surface area contributed by atoms with E-state index in [-0.39, 0.29) is 22.9 Å². The molecule has 0 saturated heterocycles. The molecule has 0 unspecified atom stereocenters. The predicted octanol–water partition coefficient (Wildman–Crippen LogP) is 2.27. The van der Waals surface area contributed by atoms with Crippen molar-refractivity contribution in [3.05, 3.63) is 53.1 Å². The molecular weight excluding hydrogens is 314 g/mol. The molecule has 0 radical (unpaired) electrons. The van der Waals surface area contributed by atoms with Crippen LogP contribution in [-0.2, 0) is 16.4 Å². The van der Waals surface area contributed by atoms with E-state index >= 15 is 0 Å². The quantitative estimate of drug-likeness (QED) is 0.735. The number of sulfonamides is 1. The molecule has 0 spiro atoms. The zero-order valence-electron chi connectivity index (χ0n) is 11.0. The standard InChI is InChI=1S/C14H14ClNO4S/c15-11-2-4-12(5-3-11)21(19,20)16-8-7-10-1-6-13(17)14(18)9-10/h1-6,9,16-18H,7-8H2. The molecule has 0 amide bonds. The van der Waals surface area contributed by atoms with Crippen LogP contribution >= 0.6 is 11.6 Å². The third kappa shape index (κ3) is 4.10. The van der Waals surface area contributed by atoms with Crippen molar-refractivity contribution in [2.75, 3.05) is 6.54 Å². The SMILES string of the molecule is O=S(=O)(NCCc1ccc(O)c(O)c1)c1ccc(Cl)cc1. The van der Waals surface area contributed by atoms with Crippen LogP contribution in [0.1, 0.15) is 5.56 Å². The van der Waals surface area contributed by atoms with E-state index in [1.807, 2.05) is 0 Å². The first-order valence-electron chi connectivity index (χ1n) is 6.14. The zero-order valence-corrected chi connectivity index (χ0v) is 12.5. The van der Waals surface area contributed by atoms with Crippen LogP contribution in [0.15, 0.2) is 47.4 Å². The monoisotopic (exact) mass is 327 g/mol. The van der Waals surface area contributed by atoms with E-state index < -0.39 is 10.0 Å². The van der Waals surface area contributed by atoms with Crippen molar-refractivity contribution in [2.45, 2.75) is 11.3 Å². The van der Waals surface area contributed by atoms with Gasteiger partial charge in [0.2, 0.25) is 10.0 Å². The average molecular weight is 328 g/mol. The lowest BCUT2D eigenvalue weighted by Crippen LogP contribution is -2.25. The highest BCUT2D eigenvalue weighted by molar-refractivity contribution is 7.89. The molecule has 2 rings (SSSR count). The van der Waals surface area contributed by atoms with Gasteiger partial charge in [0.05, 0.1) is 4.90 Å². The van der Waals surface area contributed by atoms with Crippen molar-refractivity contribution in [1.29, 1.82) is 0 Å². The molecule has 0 atom stereocenters. The number of nitrogens with one attached hydrogen (secondary N) is 1. The van der Waals surface area contributed by atoms with Crippen LogP contribution in [0.3, 0.4) is 0 Å². The molecule has 3 N–H and O–H groups in total. The summed E-state index contributed by atoms with van der Waals surface area (Å²) in [6.07, 6.45) is 0.390. The Balaban J connectivity index is 1.98. The van der Waals surface area contributed by atoms with Gasteiger partial charge in [0.25, 0.3) is 0 Å². The molecule has 7 heteroatoms. The smallest absolute Gasteiger partial charge is 0.240 e. The van der Waals surface area contributed by atoms with Gasteiger partial charge in [0, 0.05) is 11.6 Å². The first-order chi connectivity index (χ1) is 9.88. The van der Waals surface area contributed by atoms with Crippen LogP contribution < -0.4 is 4.72 Å². The molecule has 0 aliphatic carbocycles. The molecule has 0 saturated carbocycles. The van der Waals surface area contributed by atoms with Gasteiger partial charge in [-0.25, -0.2) is 13.1 Å². The molecule has 2 aromatic carbocycles. The molecule has 0 heterocycles. The summed E-state index contributed by atoms with van der Waals surface area (Å²) < 4.78 is 26.5. The number of hydrogen-bond donors (Lipinski definition) is 3.